The minimum absolute atomic E-state index is 0.0878. The van der Waals surface area contributed by atoms with Crippen molar-refractivity contribution in [3.05, 3.63) is 90.4 Å². The molecule has 8 heteroatoms. The SMILES string of the molecule is NC(=O)c1cccc(-c2cccc3[nH]ncc23)c1-c1nc(CCCC(=O)NC2CC2)cn1-c1ccccc1. The van der Waals surface area contributed by atoms with Gasteiger partial charge in [-0.15, -0.1) is 0 Å². The smallest absolute Gasteiger partial charge is 0.249 e. The minimum Gasteiger partial charge on any atom is -0.366 e. The number of carbonyl (C=O) groups is 2. The third kappa shape index (κ3) is 4.68. The van der Waals surface area contributed by atoms with Crippen molar-refractivity contribution in [3.63, 3.8) is 0 Å². The Labute approximate surface area is 219 Å². The average Bonchev–Trinajstić information content (AvgIpc) is 3.43. The van der Waals surface area contributed by atoms with Crippen LogP contribution in [0.1, 0.15) is 41.7 Å². The molecule has 1 aliphatic rings. The molecule has 1 saturated carbocycles. The molecule has 4 N–H and O–H groups in total. The zero-order chi connectivity index (χ0) is 26.1. The highest BCUT2D eigenvalue weighted by atomic mass is 16.2. The van der Waals surface area contributed by atoms with Crippen LogP contribution >= 0.6 is 0 Å². The van der Waals surface area contributed by atoms with E-state index in [0.717, 1.165) is 46.3 Å². The molecule has 38 heavy (non-hydrogen) atoms. The summed E-state index contributed by atoms with van der Waals surface area (Å²) in [7, 11) is 0. The number of hydrogen-bond donors (Lipinski definition) is 3. The number of H-pyrrole nitrogens is 1. The second kappa shape index (κ2) is 9.97. The summed E-state index contributed by atoms with van der Waals surface area (Å²) in [5.41, 5.74) is 11.4. The minimum atomic E-state index is -0.526. The number of aromatic nitrogens is 4. The van der Waals surface area contributed by atoms with Gasteiger partial charge < -0.3 is 11.1 Å². The van der Waals surface area contributed by atoms with Gasteiger partial charge in [0.05, 0.1) is 23.0 Å². The third-order valence-electron chi connectivity index (χ3n) is 6.90. The summed E-state index contributed by atoms with van der Waals surface area (Å²) < 4.78 is 2.00. The molecule has 2 aromatic heterocycles. The number of nitrogens with one attached hydrogen (secondary N) is 2. The number of para-hydroxylation sites is 1. The number of amides is 2. The van der Waals surface area contributed by atoms with E-state index < -0.39 is 5.91 Å². The average molecular weight is 505 g/mol. The highest BCUT2D eigenvalue weighted by Crippen LogP contribution is 2.38. The van der Waals surface area contributed by atoms with Crippen molar-refractivity contribution >= 4 is 22.7 Å². The first-order chi connectivity index (χ1) is 18.6. The summed E-state index contributed by atoms with van der Waals surface area (Å²) in [6.07, 6.45) is 7.69. The Morgan fingerprint density at radius 1 is 1.00 bits per heavy atom. The molecule has 190 valence electrons. The van der Waals surface area contributed by atoms with Crippen LogP contribution in [0.25, 0.3) is 39.1 Å². The number of fused-ring (bicyclic) bond motifs is 1. The topological polar surface area (TPSA) is 119 Å². The molecule has 0 aliphatic heterocycles. The van der Waals surface area contributed by atoms with Gasteiger partial charge >= 0.3 is 0 Å². The molecular formula is C30H28N6O2. The molecule has 0 spiro atoms. The summed E-state index contributed by atoms with van der Waals surface area (Å²) in [5, 5.41) is 11.2. The van der Waals surface area contributed by atoms with E-state index in [2.05, 4.69) is 15.5 Å². The fraction of sp³-hybridized carbons (Fsp3) is 0.200. The maximum Gasteiger partial charge on any atom is 0.249 e. The number of benzene rings is 3. The van der Waals surface area contributed by atoms with Crippen molar-refractivity contribution in [2.75, 3.05) is 0 Å². The van der Waals surface area contributed by atoms with E-state index in [1.807, 2.05) is 71.4 Å². The molecule has 2 heterocycles. The van der Waals surface area contributed by atoms with Gasteiger partial charge in [-0.3, -0.25) is 19.3 Å². The van der Waals surface area contributed by atoms with E-state index in [9.17, 15) is 9.59 Å². The number of carbonyl (C=O) groups excluding carboxylic acids is 2. The molecular weight excluding hydrogens is 476 g/mol. The van der Waals surface area contributed by atoms with E-state index in [1.165, 1.54) is 0 Å². The van der Waals surface area contributed by atoms with Gasteiger partial charge in [-0.1, -0.05) is 42.5 Å². The molecule has 1 aliphatic carbocycles. The number of hydrogen-bond acceptors (Lipinski definition) is 4. The van der Waals surface area contributed by atoms with E-state index >= 15 is 0 Å². The van der Waals surface area contributed by atoms with Crippen molar-refractivity contribution in [1.29, 1.82) is 0 Å². The van der Waals surface area contributed by atoms with Crippen molar-refractivity contribution in [2.24, 2.45) is 5.73 Å². The quantitative estimate of drug-likeness (QED) is 0.268. The van der Waals surface area contributed by atoms with Gasteiger partial charge in [0.25, 0.3) is 0 Å². The summed E-state index contributed by atoms with van der Waals surface area (Å²) in [6, 6.07) is 21.7. The van der Waals surface area contributed by atoms with Crippen molar-refractivity contribution in [3.8, 4) is 28.2 Å². The number of rotatable bonds is 9. The zero-order valence-electron chi connectivity index (χ0n) is 20.9. The van der Waals surface area contributed by atoms with E-state index in [0.29, 0.717) is 42.3 Å². The molecule has 0 atom stereocenters. The van der Waals surface area contributed by atoms with Crippen LogP contribution in [0.4, 0.5) is 0 Å². The Bertz CT molecular complexity index is 1630. The first-order valence-electron chi connectivity index (χ1n) is 12.9. The number of nitrogens with two attached hydrogens (primary N) is 1. The molecule has 0 bridgehead atoms. The number of aryl methyl sites for hydroxylation is 1. The fourth-order valence-corrected chi connectivity index (χ4v) is 4.89. The molecule has 2 amide bonds. The van der Waals surface area contributed by atoms with Gasteiger partial charge in [-0.2, -0.15) is 5.10 Å². The number of primary amides is 1. The summed E-state index contributed by atoms with van der Waals surface area (Å²) in [6.45, 7) is 0. The van der Waals surface area contributed by atoms with Crippen molar-refractivity contribution in [2.45, 2.75) is 38.1 Å². The van der Waals surface area contributed by atoms with Gasteiger partial charge in [0.1, 0.15) is 5.82 Å². The lowest BCUT2D eigenvalue weighted by Gasteiger charge is -2.16. The van der Waals surface area contributed by atoms with Gasteiger partial charge in [-0.25, -0.2) is 4.98 Å². The molecule has 3 aromatic carbocycles. The predicted octanol–water partition coefficient (Wildman–Crippen LogP) is 4.78. The lowest BCUT2D eigenvalue weighted by Crippen LogP contribution is -2.25. The second-order valence-corrected chi connectivity index (χ2v) is 9.69. The van der Waals surface area contributed by atoms with Crippen LogP contribution < -0.4 is 11.1 Å². The van der Waals surface area contributed by atoms with E-state index in [1.54, 1.807) is 12.3 Å². The molecule has 0 radical (unpaired) electrons. The van der Waals surface area contributed by atoms with Crippen molar-refractivity contribution < 1.29 is 9.59 Å². The monoisotopic (exact) mass is 504 g/mol. The molecule has 1 fully saturated rings. The number of imidazole rings is 1. The number of nitrogens with zero attached hydrogens (tertiary/aromatic N) is 3. The zero-order valence-corrected chi connectivity index (χ0v) is 20.9. The molecule has 8 nitrogen and oxygen atoms in total. The molecule has 5 aromatic rings. The maximum atomic E-state index is 12.7. The van der Waals surface area contributed by atoms with Crippen molar-refractivity contribution in [1.82, 2.24) is 25.1 Å². The first kappa shape index (κ1) is 23.7. The predicted molar refractivity (Wildman–Crippen MR) is 147 cm³/mol. The summed E-state index contributed by atoms with van der Waals surface area (Å²) in [4.78, 5) is 29.9. The molecule has 0 unspecified atom stereocenters. The van der Waals surface area contributed by atoms with Crippen LogP contribution in [-0.4, -0.2) is 37.6 Å². The Hall–Kier alpha value is -4.72. The van der Waals surface area contributed by atoms with E-state index in [-0.39, 0.29) is 5.91 Å². The van der Waals surface area contributed by atoms with Gasteiger partial charge in [0.15, 0.2) is 0 Å². The highest BCUT2D eigenvalue weighted by Gasteiger charge is 2.24. The van der Waals surface area contributed by atoms with Crippen LogP contribution in [0.15, 0.2) is 79.1 Å². The lowest BCUT2D eigenvalue weighted by molar-refractivity contribution is -0.121. The van der Waals surface area contributed by atoms with Crippen LogP contribution in [0, 0.1) is 0 Å². The largest absolute Gasteiger partial charge is 0.366 e. The maximum absolute atomic E-state index is 12.7. The van der Waals surface area contributed by atoms with E-state index in [4.69, 9.17) is 10.7 Å². The van der Waals surface area contributed by atoms with Crippen LogP contribution in [0.5, 0.6) is 0 Å². The second-order valence-electron chi connectivity index (χ2n) is 9.69. The Morgan fingerprint density at radius 3 is 2.58 bits per heavy atom. The normalized spacial score (nSPS) is 13.1. The summed E-state index contributed by atoms with van der Waals surface area (Å²) in [5.74, 6) is 0.186. The Morgan fingerprint density at radius 2 is 1.79 bits per heavy atom. The van der Waals surface area contributed by atoms with Gasteiger partial charge in [0.2, 0.25) is 11.8 Å². The van der Waals surface area contributed by atoms with Gasteiger partial charge in [0, 0.05) is 35.3 Å². The lowest BCUT2D eigenvalue weighted by atomic mass is 9.92. The molecule has 0 saturated heterocycles. The fourth-order valence-electron chi connectivity index (χ4n) is 4.89. The van der Waals surface area contributed by atoms with Gasteiger partial charge in [-0.05, 0) is 61.1 Å². The van der Waals surface area contributed by atoms with Crippen LogP contribution in [0.3, 0.4) is 0 Å². The Kier molecular flexibility index (Phi) is 6.21. The third-order valence-corrected chi connectivity index (χ3v) is 6.90. The van der Waals surface area contributed by atoms with Crippen LogP contribution in [-0.2, 0) is 11.2 Å². The highest BCUT2D eigenvalue weighted by molar-refractivity contribution is 6.06. The molecule has 6 rings (SSSR count). The first-order valence-corrected chi connectivity index (χ1v) is 12.9. The summed E-state index contributed by atoms with van der Waals surface area (Å²) >= 11 is 0. The standard InChI is InChI=1S/C30H28N6O2/c31-29(38)24-12-5-11-23(22-10-6-13-26-25(22)17-32-35-26)28(24)30-34-20(7-4-14-27(37)33-19-15-16-19)18-36(30)21-8-2-1-3-9-21/h1-3,5-6,8-13,17-19H,4,7,14-16H2,(H2,31,38)(H,32,35)(H,33,37). The number of aromatic amines is 1. The van der Waals surface area contributed by atoms with Crippen LogP contribution in [0.2, 0.25) is 0 Å². The Balaban J connectivity index is 1.47.